The topological polar surface area (TPSA) is 123 Å². The van der Waals surface area contributed by atoms with Crippen LogP contribution in [0.25, 0.3) is 0 Å². The summed E-state index contributed by atoms with van der Waals surface area (Å²) in [4.78, 5) is 37.0. The van der Waals surface area contributed by atoms with Crippen molar-refractivity contribution in [2.24, 2.45) is 35.3 Å². The molecule has 0 radical (unpaired) electrons. The third kappa shape index (κ3) is 20.0. The molecular formula is C40H76ClNO8. The van der Waals surface area contributed by atoms with Crippen LogP contribution in [0.15, 0.2) is 0 Å². The summed E-state index contributed by atoms with van der Waals surface area (Å²) in [5, 5.41) is 0. The lowest BCUT2D eigenvalue weighted by Gasteiger charge is -2.34. The number of ether oxygens (including phenoxy) is 5. The highest BCUT2D eigenvalue weighted by Crippen LogP contribution is 2.30. The van der Waals surface area contributed by atoms with E-state index in [9.17, 15) is 14.4 Å². The summed E-state index contributed by atoms with van der Waals surface area (Å²) < 4.78 is 29.1. The predicted octanol–water partition coefficient (Wildman–Crippen LogP) is 9.00. The average Bonchev–Trinajstić information content (AvgIpc) is 2.98. The Morgan fingerprint density at radius 1 is 0.760 bits per heavy atom. The first-order valence-corrected chi connectivity index (χ1v) is 19.6. The average molecular weight is 735 g/mol. The standard InChI is InChI=1S/C23H42O5.C17H33NO3.ClH/c1-8-11-18-12-9-10-13-19(14-20(24)28-23(5,6)7)22(25)27-17(4)21(18)26-15-16(2)3;1-5-8-14-9-6-7-10-15(18)17(19)21-13(4)16(14)20-11-12(2)3;/h16-19,21H,8-15H2,1-7H3;12-16H,5-11,18H2,1-4H3;1H/t17-,18-,19+,21-;13-,14-,15-,16-;/m00./s1. The van der Waals surface area contributed by atoms with Gasteiger partial charge in [-0.25, -0.2) is 0 Å². The van der Waals surface area contributed by atoms with E-state index in [-0.39, 0.29) is 61.2 Å². The van der Waals surface area contributed by atoms with Crippen LogP contribution in [0.5, 0.6) is 0 Å². The zero-order chi connectivity index (χ0) is 37.1. The molecule has 50 heavy (non-hydrogen) atoms. The fraction of sp³-hybridized carbons (Fsp3) is 0.925. The van der Waals surface area contributed by atoms with Crippen molar-refractivity contribution in [3.63, 3.8) is 0 Å². The highest BCUT2D eigenvalue weighted by molar-refractivity contribution is 5.85. The van der Waals surface area contributed by atoms with E-state index in [1.807, 2.05) is 34.6 Å². The molecule has 2 heterocycles. The lowest BCUT2D eigenvalue weighted by atomic mass is 9.86. The Bertz CT molecular complexity index is 939. The van der Waals surface area contributed by atoms with Gasteiger partial charge in [-0.2, -0.15) is 0 Å². The summed E-state index contributed by atoms with van der Waals surface area (Å²) in [6.07, 6.45) is 11.5. The zero-order valence-electron chi connectivity index (χ0n) is 33.6. The number of halogens is 1. The predicted molar refractivity (Wildman–Crippen MR) is 203 cm³/mol. The number of hydrogen-bond donors (Lipinski definition) is 1. The van der Waals surface area contributed by atoms with Crippen LogP contribution < -0.4 is 5.73 Å². The van der Waals surface area contributed by atoms with Crippen LogP contribution in [0.3, 0.4) is 0 Å². The molecule has 0 aliphatic carbocycles. The van der Waals surface area contributed by atoms with Crippen LogP contribution >= 0.6 is 12.4 Å². The number of carbonyl (C=O) groups is 3. The summed E-state index contributed by atoms with van der Waals surface area (Å²) >= 11 is 0. The molecule has 2 rings (SSSR count). The number of esters is 3. The van der Waals surface area contributed by atoms with Crippen LogP contribution in [-0.2, 0) is 38.1 Å². The van der Waals surface area contributed by atoms with Gasteiger partial charge >= 0.3 is 17.9 Å². The molecule has 9 nitrogen and oxygen atoms in total. The van der Waals surface area contributed by atoms with Crippen LogP contribution in [0, 0.1) is 29.6 Å². The van der Waals surface area contributed by atoms with Gasteiger partial charge in [0.15, 0.2) is 0 Å². The maximum atomic E-state index is 12.8. The molecule has 0 bridgehead atoms. The Kier molecular flexibility index (Phi) is 24.8. The van der Waals surface area contributed by atoms with Crippen LogP contribution in [0.1, 0.15) is 160 Å². The molecule has 0 unspecified atom stereocenters. The van der Waals surface area contributed by atoms with Gasteiger partial charge in [0.2, 0.25) is 0 Å². The Morgan fingerprint density at radius 2 is 1.18 bits per heavy atom. The largest absolute Gasteiger partial charge is 0.460 e. The number of hydrogen-bond acceptors (Lipinski definition) is 9. The Labute approximate surface area is 312 Å². The van der Waals surface area contributed by atoms with Gasteiger partial charge in [0.25, 0.3) is 0 Å². The molecule has 8 atom stereocenters. The van der Waals surface area contributed by atoms with E-state index in [1.165, 1.54) is 0 Å². The molecule has 10 heteroatoms. The third-order valence-corrected chi connectivity index (χ3v) is 9.21. The van der Waals surface area contributed by atoms with Gasteiger partial charge < -0.3 is 29.4 Å². The van der Waals surface area contributed by atoms with E-state index in [0.717, 1.165) is 70.6 Å². The fourth-order valence-corrected chi connectivity index (χ4v) is 6.86. The van der Waals surface area contributed by atoms with Gasteiger partial charge in [0, 0.05) is 13.2 Å². The smallest absolute Gasteiger partial charge is 0.323 e. The van der Waals surface area contributed by atoms with Crippen molar-refractivity contribution in [1.82, 2.24) is 0 Å². The lowest BCUT2D eigenvalue weighted by Crippen LogP contribution is -2.43. The minimum atomic E-state index is -0.548. The highest BCUT2D eigenvalue weighted by Gasteiger charge is 2.35. The molecule has 2 N–H and O–H groups in total. The van der Waals surface area contributed by atoms with Crippen LogP contribution in [-0.4, -0.2) is 67.2 Å². The SMILES string of the molecule is CCC[C@H]1CCCC[C@H](CC(=O)OC(C)(C)C)C(=O)O[C@@H](C)[C@@H]1OCC(C)C.CCC[C@H]1CCCC[C@H](N)C(=O)O[C@@H](C)[C@@H]1OCC(C)C.Cl. The molecule has 0 saturated carbocycles. The minimum Gasteiger partial charge on any atom is -0.460 e. The summed E-state index contributed by atoms with van der Waals surface area (Å²) in [5.41, 5.74) is 5.33. The first-order valence-electron chi connectivity index (χ1n) is 19.6. The van der Waals surface area contributed by atoms with Crippen molar-refractivity contribution in [1.29, 1.82) is 0 Å². The first-order chi connectivity index (χ1) is 23.0. The Hall–Kier alpha value is -1.42. The number of cyclic esters (lactones) is 2. The molecule has 2 aliphatic heterocycles. The Balaban J connectivity index is 0.000000978. The van der Waals surface area contributed by atoms with Crippen molar-refractivity contribution in [2.45, 2.75) is 196 Å². The van der Waals surface area contributed by atoms with Gasteiger partial charge in [-0.05, 0) is 96.8 Å². The van der Waals surface area contributed by atoms with Crippen molar-refractivity contribution < 1.29 is 38.1 Å². The third-order valence-electron chi connectivity index (χ3n) is 9.21. The van der Waals surface area contributed by atoms with Crippen LogP contribution in [0.4, 0.5) is 0 Å². The van der Waals surface area contributed by atoms with E-state index in [0.29, 0.717) is 43.3 Å². The molecule has 2 aliphatic rings. The van der Waals surface area contributed by atoms with E-state index in [4.69, 9.17) is 29.4 Å². The second kappa shape index (κ2) is 25.5. The first kappa shape index (κ1) is 48.6. The van der Waals surface area contributed by atoms with E-state index < -0.39 is 17.6 Å². The maximum Gasteiger partial charge on any atom is 0.323 e. The zero-order valence-corrected chi connectivity index (χ0v) is 34.4. The second-order valence-electron chi connectivity index (χ2n) is 16.4. The molecule has 0 spiro atoms. The van der Waals surface area contributed by atoms with E-state index >= 15 is 0 Å². The Morgan fingerprint density at radius 3 is 1.60 bits per heavy atom. The number of carbonyl (C=O) groups excluding carboxylic acids is 3. The monoisotopic (exact) mass is 734 g/mol. The van der Waals surface area contributed by atoms with Crippen molar-refractivity contribution in [2.75, 3.05) is 13.2 Å². The number of nitrogens with two attached hydrogens (primary N) is 1. The van der Waals surface area contributed by atoms with Gasteiger partial charge in [-0.3, -0.25) is 14.4 Å². The van der Waals surface area contributed by atoms with Crippen LogP contribution in [0.2, 0.25) is 0 Å². The van der Waals surface area contributed by atoms with E-state index in [2.05, 4.69) is 41.5 Å². The summed E-state index contributed by atoms with van der Waals surface area (Å²) in [6, 6.07) is -0.485. The fourth-order valence-electron chi connectivity index (χ4n) is 6.86. The van der Waals surface area contributed by atoms with Crippen molar-refractivity contribution in [3.05, 3.63) is 0 Å². The summed E-state index contributed by atoms with van der Waals surface area (Å²) in [6.45, 7) is 23.7. The highest BCUT2D eigenvalue weighted by atomic mass is 35.5. The molecule has 2 fully saturated rings. The molecule has 0 aromatic rings. The lowest BCUT2D eigenvalue weighted by molar-refractivity contribution is -0.171. The maximum absolute atomic E-state index is 12.8. The van der Waals surface area contributed by atoms with Gasteiger partial charge in [0.05, 0.1) is 24.5 Å². The normalized spacial score (nSPS) is 28.8. The summed E-state index contributed by atoms with van der Waals surface area (Å²) in [5.74, 6) is 0.418. The van der Waals surface area contributed by atoms with Gasteiger partial charge in [-0.15, -0.1) is 12.4 Å². The molecular weight excluding hydrogens is 658 g/mol. The quantitative estimate of drug-likeness (QED) is 0.155. The molecule has 0 amide bonds. The number of rotatable bonds is 12. The van der Waals surface area contributed by atoms with E-state index in [1.54, 1.807) is 0 Å². The molecule has 2 saturated heterocycles. The second-order valence-corrected chi connectivity index (χ2v) is 16.4. The molecule has 0 aromatic heterocycles. The molecule has 296 valence electrons. The van der Waals surface area contributed by atoms with Gasteiger partial charge in [0.1, 0.15) is 23.9 Å². The molecule has 0 aromatic carbocycles. The summed E-state index contributed by atoms with van der Waals surface area (Å²) in [7, 11) is 0. The minimum absolute atomic E-state index is 0. The van der Waals surface area contributed by atoms with Gasteiger partial charge in [-0.1, -0.05) is 80.1 Å². The van der Waals surface area contributed by atoms with Crippen molar-refractivity contribution in [3.8, 4) is 0 Å². The van der Waals surface area contributed by atoms with Crippen molar-refractivity contribution >= 4 is 30.3 Å².